The minimum Gasteiger partial charge on any atom is -0.402 e. The van der Waals surface area contributed by atoms with Crippen LogP contribution in [0, 0.1) is 0 Å². The highest BCUT2D eigenvalue weighted by Crippen LogP contribution is 2.37. The summed E-state index contributed by atoms with van der Waals surface area (Å²) in [6.07, 6.45) is 9.45. The Hall–Kier alpha value is -3.42. The van der Waals surface area contributed by atoms with E-state index in [0.717, 1.165) is 42.5 Å². The van der Waals surface area contributed by atoms with E-state index in [-0.39, 0.29) is 17.9 Å². The molecule has 38 heavy (non-hydrogen) atoms. The maximum absolute atomic E-state index is 13.1. The van der Waals surface area contributed by atoms with Crippen LogP contribution in [0.15, 0.2) is 72.0 Å². The van der Waals surface area contributed by atoms with Gasteiger partial charge in [-0.25, -0.2) is 0 Å². The lowest BCUT2D eigenvalue weighted by Crippen LogP contribution is -2.53. The number of nitrogens with zero attached hydrogens (tertiary/aromatic N) is 2. The van der Waals surface area contributed by atoms with Crippen LogP contribution in [-0.2, 0) is 4.79 Å². The average molecular weight is 515 g/mol. The van der Waals surface area contributed by atoms with Gasteiger partial charge in [0.15, 0.2) is 0 Å². The molecule has 2 aromatic rings. The van der Waals surface area contributed by atoms with E-state index in [0.29, 0.717) is 44.6 Å². The Balaban J connectivity index is 1.22. The fourth-order valence-electron chi connectivity index (χ4n) is 5.50. The molecule has 5 rings (SSSR count). The number of aliphatic hydroxyl groups is 1. The van der Waals surface area contributed by atoms with Crippen molar-refractivity contribution < 1.29 is 14.7 Å². The van der Waals surface area contributed by atoms with Gasteiger partial charge >= 0.3 is 0 Å². The lowest BCUT2D eigenvalue weighted by Gasteiger charge is -2.35. The number of nitrogens with one attached hydrogen (secondary N) is 1. The number of hydrogen-bond donors (Lipinski definition) is 3. The number of carbonyl (C=O) groups excluding carboxylic acids is 2. The highest BCUT2D eigenvalue weighted by molar-refractivity contribution is 5.95. The molecule has 3 aliphatic rings. The Morgan fingerprint density at radius 1 is 0.921 bits per heavy atom. The maximum Gasteiger partial charge on any atom is 0.254 e. The summed E-state index contributed by atoms with van der Waals surface area (Å²) in [5.74, 6) is -0.219. The van der Waals surface area contributed by atoms with E-state index in [9.17, 15) is 14.7 Å². The van der Waals surface area contributed by atoms with Crippen molar-refractivity contribution in [3.05, 3.63) is 83.1 Å². The molecular formula is C31H38N4O3. The number of nitrogens with two attached hydrogens (primary N) is 1. The molecule has 7 heteroatoms. The first-order valence-corrected chi connectivity index (χ1v) is 13.7. The predicted octanol–water partition coefficient (Wildman–Crippen LogP) is 3.77. The van der Waals surface area contributed by atoms with Gasteiger partial charge in [-0.15, -0.1) is 0 Å². The Labute approximate surface area is 225 Å². The molecule has 2 aliphatic carbocycles. The molecule has 4 N–H and O–H groups in total. The second-order valence-corrected chi connectivity index (χ2v) is 10.7. The van der Waals surface area contributed by atoms with Crippen LogP contribution >= 0.6 is 0 Å². The monoisotopic (exact) mass is 514 g/mol. The normalized spacial score (nSPS) is 22.8. The van der Waals surface area contributed by atoms with Crippen molar-refractivity contribution in [2.24, 2.45) is 5.73 Å². The first-order valence-electron chi connectivity index (χ1n) is 13.7. The number of piperazine rings is 1. The molecule has 1 aliphatic heterocycles. The van der Waals surface area contributed by atoms with Crippen molar-refractivity contribution in [2.45, 2.75) is 50.2 Å². The van der Waals surface area contributed by atoms with E-state index in [2.05, 4.69) is 41.7 Å². The fraction of sp³-hybridized carbons (Fsp3) is 0.419. The maximum atomic E-state index is 13.1. The van der Waals surface area contributed by atoms with Crippen LogP contribution in [0.25, 0.3) is 11.1 Å². The molecule has 1 saturated heterocycles. The zero-order valence-corrected chi connectivity index (χ0v) is 22.2. The van der Waals surface area contributed by atoms with Crippen LogP contribution in [0.3, 0.4) is 0 Å². The van der Waals surface area contributed by atoms with Gasteiger partial charge in [0.1, 0.15) is 5.60 Å². The predicted molar refractivity (Wildman–Crippen MR) is 149 cm³/mol. The van der Waals surface area contributed by atoms with E-state index in [1.165, 1.54) is 11.1 Å². The highest BCUT2D eigenvalue weighted by Gasteiger charge is 2.50. The summed E-state index contributed by atoms with van der Waals surface area (Å²) in [5, 5.41) is 13.5. The summed E-state index contributed by atoms with van der Waals surface area (Å²) in [6, 6.07) is 16.4. The zero-order valence-electron chi connectivity index (χ0n) is 22.2. The van der Waals surface area contributed by atoms with Gasteiger partial charge in [-0.05, 0) is 73.5 Å². The van der Waals surface area contributed by atoms with Crippen LogP contribution < -0.4 is 11.1 Å². The van der Waals surface area contributed by atoms with Crippen molar-refractivity contribution >= 4 is 11.8 Å². The number of benzene rings is 2. The van der Waals surface area contributed by atoms with Crippen molar-refractivity contribution in [1.82, 2.24) is 15.1 Å². The molecule has 0 aromatic heterocycles. The van der Waals surface area contributed by atoms with E-state index < -0.39 is 5.60 Å². The van der Waals surface area contributed by atoms with Crippen LogP contribution in [0.1, 0.15) is 60.5 Å². The fourth-order valence-corrected chi connectivity index (χ4v) is 5.50. The van der Waals surface area contributed by atoms with Crippen LogP contribution in [0.2, 0.25) is 0 Å². The second-order valence-electron chi connectivity index (χ2n) is 10.7. The first kappa shape index (κ1) is 26.2. The Kier molecular flexibility index (Phi) is 7.68. The molecule has 1 unspecified atom stereocenters. The van der Waals surface area contributed by atoms with Gasteiger partial charge in [-0.2, -0.15) is 0 Å². The topological polar surface area (TPSA) is 98.9 Å². The lowest BCUT2D eigenvalue weighted by atomic mass is 9.90. The third-order valence-electron chi connectivity index (χ3n) is 8.06. The molecule has 0 bridgehead atoms. The van der Waals surface area contributed by atoms with Gasteiger partial charge in [-0.3, -0.25) is 9.59 Å². The van der Waals surface area contributed by atoms with E-state index in [1.54, 1.807) is 9.80 Å². The molecule has 7 nitrogen and oxygen atoms in total. The smallest absolute Gasteiger partial charge is 0.254 e. The SMILES string of the molecule is CNC(/C1=C(\N)C/C=C\CCC1)c1ccc(-c2ccc(C(=O)N3CCN(C(=O)C4(O)CC4)CC3)cc2)cc1. The average Bonchev–Trinajstić information content (AvgIpc) is 3.71. The van der Waals surface area contributed by atoms with Crippen LogP contribution in [0.5, 0.6) is 0 Å². The number of hydrogen-bond acceptors (Lipinski definition) is 5. The van der Waals surface area contributed by atoms with E-state index >= 15 is 0 Å². The Morgan fingerprint density at radius 2 is 1.53 bits per heavy atom. The summed E-state index contributed by atoms with van der Waals surface area (Å²) in [5.41, 5.74) is 11.5. The largest absolute Gasteiger partial charge is 0.402 e. The van der Waals surface area contributed by atoms with Gasteiger partial charge in [0, 0.05) is 43.9 Å². The lowest BCUT2D eigenvalue weighted by molar-refractivity contribution is -0.143. The number of amides is 2. The van der Waals surface area contributed by atoms with E-state index in [4.69, 9.17) is 5.73 Å². The highest BCUT2D eigenvalue weighted by atomic mass is 16.3. The number of rotatable bonds is 6. The summed E-state index contributed by atoms with van der Waals surface area (Å²) in [7, 11) is 1.98. The Bertz CT molecular complexity index is 1220. The minimum atomic E-state index is -1.15. The minimum absolute atomic E-state index is 0.0269. The molecule has 1 heterocycles. The third kappa shape index (κ3) is 5.54. The molecule has 1 atom stereocenters. The summed E-state index contributed by atoms with van der Waals surface area (Å²) in [6.45, 7) is 1.88. The molecule has 2 amide bonds. The number of likely N-dealkylation sites (N-methyl/N-ethyl adjacent to an activating group) is 1. The molecule has 0 radical (unpaired) electrons. The second kappa shape index (κ2) is 11.1. The van der Waals surface area contributed by atoms with Crippen LogP contribution in [0.4, 0.5) is 0 Å². The summed E-state index contributed by atoms with van der Waals surface area (Å²) < 4.78 is 0. The van der Waals surface area contributed by atoms with Crippen molar-refractivity contribution in [3.63, 3.8) is 0 Å². The standard InChI is InChI=1S/C31H38N4O3/c1-33-28(26-6-4-2-3-5-7-27(26)32)24-12-8-22(9-13-24)23-10-14-25(15-11-23)29(36)34-18-20-35(21-19-34)30(37)31(38)16-17-31/h3,5,8-15,28,33,38H,2,4,6-7,16-21,32H2,1H3/b5-3-,27-26-. The molecule has 200 valence electrons. The number of allylic oxidation sites excluding steroid dienone is 2. The van der Waals surface area contributed by atoms with E-state index in [1.807, 2.05) is 31.3 Å². The van der Waals surface area contributed by atoms with Crippen molar-refractivity contribution in [3.8, 4) is 11.1 Å². The molecule has 2 fully saturated rings. The Morgan fingerprint density at radius 3 is 2.13 bits per heavy atom. The van der Waals surface area contributed by atoms with Gasteiger partial charge in [0.2, 0.25) is 0 Å². The van der Waals surface area contributed by atoms with Gasteiger partial charge < -0.3 is 26.0 Å². The quantitative estimate of drug-likeness (QED) is 0.510. The summed E-state index contributed by atoms with van der Waals surface area (Å²) >= 11 is 0. The zero-order chi connectivity index (χ0) is 26.7. The number of carbonyl (C=O) groups is 2. The first-order chi connectivity index (χ1) is 18.4. The molecule has 0 spiro atoms. The van der Waals surface area contributed by atoms with Gasteiger partial charge in [-0.1, -0.05) is 48.6 Å². The van der Waals surface area contributed by atoms with Crippen molar-refractivity contribution in [2.75, 3.05) is 33.2 Å². The molecule has 2 aromatic carbocycles. The molecular weight excluding hydrogens is 476 g/mol. The third-order valence-corrected chi connectivity index (χ3v) is 8.06. The van der Waals surface area contributed by atoms with Gasteiger partial charge in [0.05, 0.1) is 6.04 Å². The van der Waals surface area contributed by atoms with Gasteiger partial charge in [0.25, 0.3) is 11.8 Å². The van der Waals surface area contributed by atoms with Crippen molar-refractivity contribution in [1.29, 1.82) is 0 Å². The van der Waals surface area contributed by atoms with Crippen LogP contribution in [-0.4, -0.2) is 65.5 Å². The summed E-state index contributed by atoms with van der Waals surface area (Å²) in [4.78, 5) is 28.9. The molecule has 1 saturated carbocycles.